The topological polar surface area (TPSA) is 83.6 Å². The maximum Gasteiger partial charge on any atom is 0.321 e. The van der Waals surface area contributed by atoms with Crippen molar-refractivity contribution in [3.05, 3.63) is 0 Å². The zero-order chi connectivity index (χ0) is 11.8. The van der Waals surface area contributed by atoms with Gasteiger partial charge in [0.2, 0.25) is 5.91 Å². The molecule has 0 radical (unpaired) electrons. The predicted molar refractivity (Wildman–Crippen MR) is 64.5 cm³/mol. The molecule has 15 heavy (non-hydrogen) atoms. The molecule has 0 saturated carbocycles. The Kier molecular flexibility index (Phi) is 7.63. The number of nitrogens with zero attached hydrogens (tertiary/aromatic N) is 1. The number of rotatable bonds is 7. The van der Waals surface area contributed by atoms with Gasteiger partial charge in [0.1, 0.15) is 6.04 Å². The summed E-state index contributed by atoms with van der Waals surface area (Å²) in [7, 11) is 0. The smallest absolute Gasteiger partial charge is 0.321 e. The fourth-order valence-electron chi connectivity index (χ4n) is 1.01. The Hall–Kier alpha value is -0.400. The first-order valence-electron chi connectivity index (χ1n) is 4.50. The molecule has 0 aliphatic rings. The molecule has 0 bridgehead atoms. The Bertz CT molecular complexity index is 220. The van der Waals surface area contributed by atoms with Crippen LogP contribution in [-0.2, 0) is 9.59 Å². The van der Waals surface area contributed by atoms with Gasteiger partial charge in [-0.25, -0.2) is 0 Å². The SMILES string of the molecule is N[C@@H](CC(=O)N(CCS)CCS)C(=O)O. The Morgan fingerprint density at radius 3 is 2.07 bits per heavy atom. The van der Waals surface area contributed by atoms with Crippen LogP contribution in [0, 0.1) is 0 Å². The average molecular weight is 252 g/mol. The van der Waals surface area contributed by atoms with Crippen molar-refractivity contribution in [1.29, 1.82) is 0 Å². The van der Waals surface area contributed by atoms with E-state index in [1.54, 1.807) is 0 Å². The molecule has 3 N–H and O–H groups in total. The van der Waals surface area contributed by atoms with Gasteiger partial charge in [0.15, 0.2) is 0 Å². The second kappa shape index (κ2) is 7.84. The number of amides is 1. The minimum atomic E-state index is -1.17. The summed E-state index contributed by atoms with van der Waals surface area (Å²) in [4.78, 5) is 23.5. The molecule has 0 aliphatic heterocycles. The van der Waals surface area contributed by atoms with Crippen molar-refractivity contribution in [2.45, 2.75) is 12.5 Å². The fraction of sp³-hybridized carbons (Fsp3) is 0.750. The number of carboxylic acid groups (broad SMARTS) is 1. The molecule has 0 unspecified atom stereocenters. The van der Waals surface area contributed by atoms with Crippen molar-refractivity contribution in [2.75, 3.05) is 24.6 Å². The van der Waals surface area contributed by atoms with Crippen molar-refractivity contribution in [1.82, 2.24) is 4.90 Å². The Balaban J connectivity index is 4.18. The van der Waals surface area contributed by atoms with Crippen LogP contribution < -0.4 is 5.73 Å². The van der Waals surface area contributed by atoms with Crippen molar-refractivity contribution in [3.8, 4) is 0 Å². The van der Waals surface area contributed by atoms with Crippen LogP contribution in [0.5, 0.6) is 0 Å². The molecule has 0 aliphatic carbocycles. The number of hydrogen-bond donors (Lipinski definition) is 4. The molecule has 1 amide bonds. The lowest BCUT2D eigenvalue weighted by atomic mass is 10.2. The van der Waals surface area contributed by atoms with E-state index in [1.165, 1.54) is 4.90 Å². The molecule has 0 aromatic rings. The van der Waals surface area contributed by atoms with Crippen LogP contribution in [0.1, 0.15) is 6.42 Å². The van der Waals surface area contributed by atoms with E-state index in [9.17, 15) is 9.59 Å². The standard InChI is InChI=1S/C8H16N2O3S2/c9-6(8(12)13)5-7(11)10(1-3-14)2-4-15/h6,14-15H,1-5,9H2,(H,12,13)/t6-/m0/s1. The third-order valence-corrected chi connectivity index (χ3v) is 2.20. The van der Waals surface area contributed by atoms with Crippen molar-refractivity contribution < 1.29 is 14.7 Å². The van der Waals surface area contributed by atoms with Gasteiger partial charge in [-0.05, 0) is 0 Å². The van der Waals surface area contributed by atoms with Gasteiger partial charge in [0.05, 0.1) is 6.42 Å². The van der Waals surface area contributed by atoms with Crippen molar-refractivity contribution in [3.63, 3.8) is 0 Å². The first-order valence-corrected chi connectivity index (χ1v) is 5.77. The summed E-state index contributed by atoms with van der Waals surface area (Å²) in [5.74, 6) is -0.378. The highest BCUT2D eigenvalue weighted by Gasteiger charge is 2.20. The van der Waals surface area contributed by atoms with Crippen molar-refractivity contribution in [2.24, 2.45) is 5.73 Å². The molecular formula is C8H16N2O3S2. The Morgan fingerprint density at radius 2 is 1.73 bits per heavy atom. The highest BCUT2D eigenvalue weighted by Crippen LogP contribution is 1.99. The maximum absolute atomic E-state index is 11.6. The second-order valence-corrected chi connectivity index (χ2v) is 3.87. The normalized spacial score (nSPS) is 12.2. The zero-order valence-electron chi connectivity index (χ0n) is 8.30. The lowest BCUT2D eigenvalue weighted by molar-refractivity contribution is -0.142. The second-order valence-electron chi connectivity index (χ2n) is 2.98. The van der Waals surface area contributed by atoms with Gasteiger partial charge in [0, 0.05) is 24.6 Å². The summed E-state index contributed by atoms with van der Waals surface area (Å²) in [5, 5.41) is 8.55. The first kappa shape index (κ1) is 14.6. The van der Waals surface area contributed by atoms with Gasteiger partial charge in [-0.3, -0.25) is 9.59 Å². The fourth-order valence-corrected chi connectivity index (χ4v) is 1.49. The van der Waals surface area contributed by atoms with Crippen LogP contribution in [-0.4, -0.2) is 52.5 Å². The van der Waals surface area contributed by atoms with Gasteiger partial charge in [-0.2, -0.15) is 25.3 Å². The first-order chi connectivity index (χ1) is 7.02. The number of hydrogen-bond acceptors (Lipinski definition) is 5. The van der Waals surface area contributed by atoms with E-state index in [0.29, 0.717) is 24.6 Å². The average Bonchev–Trinajstić information content (AvgIpc) is 2.17. The van der Waals surface area contributed by atoms with Gasteiger partial charge < -0.3 is 15.7 Å². The summed E-state index contributed by atoms with van der Waals surface area (Å²) in [6, 6.07) is -1.14. The van der Waals surface area contributed by atoms with E-state index in [2.05, 4.69) is 25.3 Å². The molecule has 1 atom stereocenters. The molecular weight excluding hydrogens is 236 g/mol. The molecule has 0 fully saturated rings. The molecule has 0 heterocycles. The summed E-state index contributed by atoms with van der Waals surface area (Å²) in [5.41, 5.74) is 5.26. The highest BCUT2D eigenvalue weighted by atomic mass is 32.1. The quantitative estimate of drug-likeness (QED) is 0.459. The summed E-state index contributed by atoms with van der Waals surface area (Å²) in [6.07, 6.45) is -0.184. The number of thiol groups is 2. The Labute approximate surface area is 99.8 Å². The molecule has 5 nitrogen and oxygen atoms in total. The van der Waals surface area contributed by atoms with Gasteiger partial charge >= 0.3 is 5.97 Å². The number of carbonyl (C=O) groups is 2. The molecule has 0 rings (SSSR count). The van der Waals surface area contributed by atoms with Crippen LogP contribution in [0.15, 0.2) is 0 Å². The predicted octanol–water partition coefficient (Wildman–Crippen LogP) is -0.523. The molecule has 0 aromatic carbocycles. The van der Waals surface area contributed by atoms with Gasteiger partial charge in [-0.15, -0.1) is 0 Å². The molecule has 7 heteroatoms. The van der Waals surface area contributed by atoms with Crippen LogP contribution in [0.25, 0.3) is 0 Å². The molecule has 0 spiro atoms. The number of carboxylic acids is 1. The van der Waals surface area contributed by atoms with E-state index in [4.69, 9.17) is 10.8 Å². The maximum atomic E-state index is 11.6. The van der Waals surface area contributed by atoms with E-state index >= 15 is 0 Å². The summed E-state index contributed by atoms with van der Waals surface area (Å²) in [6.45, 7) is 0.962. The lowest BCUT2D eigenvalue weighted by Gasteiger charge is -2.21. The van der Waals surface area contributed by atoms with Gasteiger partial charge in [0.25, 0.3) is 0 Å². The highest BCUT2D eigenvalue weighted by molar-refractivity contribution is 7.80. The van der Waals surface area contributed by atoms with Crippen LogP contribution >= 0.6 is 25.3 Å². The monoisotopic (exact) mass is 252 g/mol. The van der Waals surface area contributed by atoms with E-state index in [0.717, 1.165) is 0 Å². The largest absolute Gasteiger partial charge is 0.480 e. The lowest BCUT2D eigenvalue weighted by Crippen LogP contribution is -2.41. The summed E-state index contributed by atoms with van der Waals surface area (Å²) >= 11 is 8.02. The summed E-state index contributed by atoms with van der Waals surface area (Å²) < 4.78 is 0. The molecule has 0 saturated heterocycles. The minimum Gasteiger partial charge on any atom is -0.480 e. The third kappa shape index (κ3) is 5.91. The van der Waals surface area contributed by atoms with E-state index in [-0.39, 0.29) is 12.3 Å². The zero-order valence-corrected chi connectivity index (χ0v) is 10.1. The number of nitrogens with two attached hydrogens (primary N) is 1. The van der Waals surface area contributed by atoms with Gasteiger partial charge in [-0.1, -0.05) is 0 Å². The third-order valence-electron chi connectivity index (χ3n) is 1.80. The molecule has 0 aromatic heterocycles. The molecule has 88 valence electrons. The van der Waals surface area contributed by atoms with E-state index < -0.39 is 12.0 Å². The van der Waals surface area contributed by atoms with Crippen LogP contribution in [0.4, 0.5) is 0 Å². The minimum absolute atomic E-state index is 0.184. The van der Waals surface area contributed by atoms with Crippen LogP contribution in [0.2, 0.25) is 0 Å². The Morgan fingerprint density at radius 1 is 1.27 bits per heavy atom. The number of aliphatic carboxylic acids is 1. The number of carbonyl (C=O) groups excluding carboxylic acids is 1. The van der Waals surface area contributed by atoms with Crippen LogP contribution in [0.3, 0.4) is 0 Å². The van der Waals surface area contributed by atoms with Crippen molar-refractivity contribution >= 4 is 37.1 Å². The van der Waals surface area contributed by atoms with E-state index in [1.807, 2.05) is 0 Å².